The van der Waals surface area contributed by atoms with E-state index in [4.69, 9.17) is 4.42 Å². The number of hydrogen-bond acceptors (Lipinski definition) is 4. The predicted molar refractivity (Wildman–Crippen MR) is 103 cm³/mol. The van der Waals surface area contributed by atoms with Crippen molar-refractivity contribution < 1.29 is 13.4 Å². The van der Waals surface area contributed by atoms with E-state index in [1.165, 1.54) is 12.0 Å². The molecule has 1 saturated carbocycles. The number of benzene rings is 1. The highest BCUT2D eigenvalue weighted by Gasteiger charge is 2.19. The Hall–Kier alpha value is -1.95. The molecule has 3 rings (SSSR count). The number of carbonyl (C=O) groups is 1. The zero-order chi connectivity index (χ0) is 18.5. The minimum absolute atomic E-state index is 0.0165. The van der Waals surface area contributed by atoms with Crippen molar-refractivity contribution in [2.45, 2.75) is 57.7 Å². The van der Waals surface area contributed by atoms with Crippen LogP contribution in [0.25, 0.3) is 11.5 Å². The van der Waals surface area contributed by atoms with Crippen LogP contribution in [-0.2, 0) is 21.3 Å². The lowest BCUT2D eigenvalue weighted by atomic mass is 9.95. The number of amides is 1. The smallest absolute Gasteiger partial charge is 0.232 e. The van der Waals surface area contributed by atoms with Gasteiger partial charge in [0.15, 0.2) is 0 Å². The van der Waals surface area contributed by atoms with Gasteiger partial charge in [-0.3, -0.25) is 9.00 Å². The molecule has 1 aromatic heterocycles. The Morgan fingerprint density at radius 1 is 1.19 bits per heavy atom. The summed E-state index contributed by atoms with van der Waals surface area (Å²) >= 11 is 0. The lowest BCUT2D eigenvalue weighted by Crippen LogP contribution is -2.38. The molecule has 0 unspecified atom stereocenters. The zero-order valence-corrected chi connectivity index (χ0v) is 16.2. The molecule has 1 fully saturated rings. The number of nitrogens with zero attached hydrogens (tertiary/aromatic N) is 1. The molecule has 1 atom stereocenters. The van der Waals surface area contributed by atoms with Crippen molar-refractivity contribution in [1.29, 1.82) is 0 Å². The predicted octanol–water partition coefficient (Wildman–Crippen LogP) is 3.66. The van der Waals surface area contributed by atoms with Gasteiger partial charge >= 0.3 is 0 Å². The highest BCUT2D eigenvalue weighted by Crippen LogP contribution is 2.23. The maximum Gasteiger partial charge on any atom is 0.232 e. The highest BCUT2D eigenvalue weighted by atomic mass is 32.2. The molecule has 0 spiro atoms. The first-order chi connectivity index (χ1) is 12.5. The van der Waals surface area contributed by atoms with Gasteiger partial charge in [-0.2, -0.15) is 0 Å². The van der Waals surface area contributed by atoms with E-state index in [9.17, 15) is 9.00 Å². The molecule has 2 aromatic rings. The van der Waals surface area contributed by atoms with E-state index >= 15 is 0 Å². The standard InChI is InChI=1S/C20H26N2O3S/c1-14-8-10-16(11-9-14)20-22-18(15(2)25-20)12-26(24)13-19(23)21-17-6-4-3-5-7-17/h8-11,17H,3-7,12-13H2,1-2H3,(H,21,23)/t26-/m1/s1. The first kappa shape index (κ1) is 18.8. The number of nitrogens with one attached hydrogen (secondary N) is 1. The molecule has 5 nitrogen and oxygen atoms in total. The Morgan fingerprint density at radius 3 is 2.58 bits per heavy atom. The molecule has 0 saturated heterocycles. The first-order valence-electron chi connectivity index (χ1n) is 9.19. The maximum atomic E-state index is 12.4. The molecular weight excluding hydrogens is 348 g/mol. The van der Waals surface area contributed by atoms with Crippen LogP contribution >= 0.6 is 0 Å². The van der Waals surface area contributed by atoms with Gasteiger partial charge in [-0.05, 0) is 38.8 Å². The number of carbonyl (C=O) groups excluding carboxylic acids is 1. The van der Waals surface area contributed by atoms with Crippen molar-refractivity contribution in [2.24, 2.45) is 0 Å². The van der Waals surface area contributed by atoms with Crippen LogP contribution in [0.3, 0.4) is 0 Å². The number of oxazole rings is 1. The molecule has 140 valence electrons. The van der Waals surface area contributed by atoms with Gasteiger partial charge in [0.2, 0.25) is 11.8 Å². The van der Waals surface area contributed by atoms with E-state index in [2.05, 4.69) is 10.3 Å². The van der Waals surface area contributed by atoms with Gasteiger partial charge in [-0.15, -0.1) is 0 Å². The second-order valence-electron chi connectivity index (χ2n) is 7.02. The second-order valence-corrected chi connectivity index (χ2v) is 8.48. The lowest BCUT2D eigenvalue weighted by Gasteiger charge is -2.22. The largest absolute Gasteiger partial charge is 0.441 e. The summed E-state index contributed by atoms with van der Waals surface area (Å²) in [6, 6.07) is 8.16. The average Bonchev–Trinajstić information content (AvgIpc) is 2.96. The summed E-state index contributed by atoms with van der Waals surface area (Å²) in [6.07, 6.45) is 5.62. The van der Waals surface area contributed by atoms with Crippen LogP contribution in [0.1, 0.15) is 49.1 Å². The molecule has 1 N–H and O–H groups in total. The van der Waals surface area contributed by atoms with Crippen LogP contribution in [0.15, 0.2) is 28.7 Å². The molecule has 1 aliphatic rings. The molecule has 1 aromatic carbocycles. The van der Waals surface area contributed by atoms with E-state index in [1.807, 2.05) is 38.1 Å². The molecule has 1 amide bonds. The van der Waals surface area contributed by atoms with Crippen molar-refractivity contribution in [3.63, 3.8) is 0 Å². The van der Waals surface area contributed by atoms with Crippen molar-refractivity contribution >= 4 is 16.7 Å². The number of aryl methyl sites for hydroxylation is 2. The van der Waals surface area contributed by atoms with Crippen LogP contribution in [0, 0.1) is 13.8 Å². The molecular formula is C20H26N2O3S. The summed E-state index contributed by atoms with van der Waals surface area (Å²) < 4.78 is 18.1. The quantitative estimate of drug-likeness (QED) is 0.838. The van der Waals surface area contributed by atoms with Gasteiger partial charge in [0.05, 0.1) is 11.4 Å². The second kappa shape index (κ2) is 8.62. The normalized spacial score (nSPS) is 16.4. The summed E-state index contributed by atoms with van der Waals surface area (Å²) in [5.41, 5.74) is 2.72. The Morgan fingerprint density at radius 2 is 1.88 bits per heavy atom. The van der Waals surface area contributed by atoms with E-state index in [0.29, 0.717) is 17.3 Å². The van der Waals surface area contributed by atoms with Gasteiger partial charge in [0.1, 0.15) is 11.5 Å². The molecule has 0 radical (unpaired) electrons. The molecule has 6 heteroatoms. The van der Waals surface area contributed by atoms with Crippen molar-refractivity contribution in [2.75, 3.05) is 5.75 Å². The number of rotatable bonds is 6. The van der Waals surface area contributed by atoms with E-state index < -0.39 is 10.8 Å². The van der Waals surface area contributed by atoms with Crippen molar-refractivity contribution in [1.82, 2.24) is 10.3 Å². The third kappa shape index (κ3) is 5.04. The van der Waals surface area contributed by atoms with E-state index in [1.54, 1.807) is 0 Å². The third-order valence-electron chi connectivity index (χ3n) is 4.75. The molecule has 1 aliphatic carbocycles. The first-order valence-corrected chi connectivity index (χ1v) is 10.7. The molecule has 0 aliphatic heterocycles. The van der Waals surface area contributed by atoms with Crippen LogP contribution in [-0.4, -0.2) is 26.9 Å². The lowest BCUT2D eigenvalue weighted by molar-refractivity contribution is -0.119. The molecule has 0 bridgehead atoms. The number of hydrogen-bond donors (Lipinski definition) is 1. The minimum atomic E-state index is -1.30. The van der Waals surface area contributed by atoms with Crippen LogP contribution in [0.2, 0.25) is 0 Å². The van der Waals surface area contributed by atoms with Gasteiger partial charge in [0, 0.05) is 22.4 Å². The van der Waals surface area contributed by atoms with E-state index in [-0.39, 0.29) is 23.5 Å². The Bertz CT molecular complexity index is 777. The number of aromatic nitrogens is 1. The summed E-state index contributed by atoms with van der Waals surface area (Å²) in [5, 5.41) is 3.01. The molecule has 1 heterocycles. The fourth-order valence-corrected chi connectivity index (χ4v) is 4.30. The highest BCUT2D eigenvalue weighted by molar-refractivity contribution is 7.84. The Labute approximate surface area is 157 Å². The Balaban J connectivity index is 1.57. The van der Waals surface area contributed by atoms with Crippen LogP contribution in [0.4, 0.5) is 0 Å². The molecule has 26 heavy (non-hydrogen) atoms. The van der Waals surface area contributed by atoms with Gasteiger partial charge in [-0.25, -0.2) is 4.98 Å². The third-order valence-corrected chi connectivity index (χ3v) is 5.93. The average molecular weight is 375 g/mol. The fourth-order valence-electron chi connectivity index (χ4n) is 3.25. The van der Waals surface area contributed by atoms with Crippen molar-refractivity contribution in [3.05, 3.63) is 41.3 Å². The SMILES string of the molecule is Cc1ccc(-c2nc(C[S@@](=O)CC(=O)NC3CCCCC3)c(C)o2)cc1. The minimum Gasteiger partial charge on any atom is -0.441 e. The topological polar surface area (TPSA) is 72.2 Å². The maximum absolute atomic E-state index is 12.4. The summed E-state index contributed by atoms with van der Waals surface area (Å²) in [4.78, 5) is 16.6. The summed E-state index contributed by atoms with van der Waals surface area (Å²) in [5.74, 6) is 1.31. The van der Waals surface area contributed by atoms with Gasteiger partial charge < -0.3 is 9.73 Å². The van der Waals surface area contributed by atoms with Crippen LogP contribution in [0.5, 0.6) is 0 Å². The fraction of sp³-hybridized carbons (Fsp3) is 0.500. The van der Waals surface area contributed by atoms with Crippen molar-refractivity contribution in [3.8, 4) is 11.5 Å². The van der Waals surface area contributed by atoms with E-state index in [0.717, 1.165) is 31.2 Å². The van der Waals surface area contributed by atoms with Gasteiger partial charge in [0.25, 0.3) is 0 Å². The van der Waals surface area contributed by atoms with Crippen LogP contribution < -0.4 is 5.32 Å². The summed E-state index contributed by atoms with van der Waals surface area (Å²) in [7, 11) is -1.30. The monoisotopic (exact) mass is 374 g/mol. The van der Waals surface area contributed by atoms with Gasteiger partial charge in [-0.1, -0.05) is 37.0 Å². The zero-order valence-electron chi connectivity index (χ0n) is 15.4. The Kier molecular flexibility index (Phi) is 6.25. The summed E-state index contributed by atoms with van der Waals surface area (Å²) in [6.45, 7) is 3.84.